The van der Waals surface area contributed by atoms with E-state index in [1.807, 2.05) is 30.3 Å². The van der Waals surface area contributed by atoms with Gasteiger partial charge in [-0.25, -0.2) is 9.97 Å². The van der Waals surface area contributed by atoms with Crippen molar-refractivity contribution in [3.63, 3.8) is 0 Å². The molecule has 0 saturated carbocycles. The van der Waals surface area contributed by atoms with E-state index in [2.05, 4.69) is 9.97 Å². The lowest BCUT2D eigenvalue weighted by Crippen LogP contribution is -2.20. The van der Waals surface area contributed by atoms with E-state index in [1.165, 1.54) is 22.8 Å². The van der Waals surface area contributed by atoms with E-state index >= 15 is 0 Å². The van der Waals surface area contributed by atoms with Crippen LogP contribution in [0.4, 0.5) is 5.69 Å². The molecule has 7 heteroatoms. The lowest BCUT2D eigenvalue weighted by molar-refractivity contribution is -0.384. The Morgan fingerprint density at radius 2 is 1.88 bits per heavy atom. The van der Waals surface area contributed by atoms with Gasteiger partial charge in [0.1, 0.15) is 5.69 Å². The van der Waals surface area contributed by atoms with Crippen molar-refractivity contribution in [3.05, 3.63) is 74.6 Å². The van der Waals surface area contributed by atoms with Crippen molar-refractivity contribution in [1.29, 1.82) is 0 Å². The summed E-state index contributed by atoms with van der Waals surface area (Å²) in [6, 6.07) is 13.9. The number of aromatic nitrogens is 3. The van der Waals surface area contributed by atoms with E-state index in [4.69, 9.17) is 0 Å². The van der Waals surface area contributed by atoms with Crippen LogP contribution in [-0.2, 0) is 6.54 Å². The van der Waals surface area contributed by atoms with E-state index in [0.29, 0.717) is 23.6 Å². The molecular formula is C18H10N4O3. The number of non-ortho nitro benzene ring substituents is 1. The number of pyridine rings is 1. The quantitative estimate of drug-likeness (QED) is 0.348. The van der Waals surface area contributed by atoms with Crippen LogP contribution in [0.5, 0.6) is 0 Å². The number of rotatable bonds is 1. The highest BCUT2D eigenvalue weighted by Crippen LogP contribution is 2.31. The second kappa shape index (κ2) is 4.70. The fourth-order valence-electron chi connectivity index (χ4n) is 3.29. The third-order valence-electron chi connectivity index (χ3n) is 4.49. The molecule has 0 N–H and O–H groups in total. The minimum Gasteiger partial charge on any atom is -0.286 e. The van der Waals surface area contributed by atoms with Crippen LogP contribution in [0, 0.1) is 10.1 Å². The molecule has 3 heterocycles. The van der Waals surface area contributed by atoms with Gasteiger partial charge in [0.2, 0.25) is 0 Å². The molecule has 5 rings (SSSR count). The van der Waals surface area contributed by atoms with Crippen molar-refractivity contribution in [2.75, 3.05) is 0 Å². The van der Waals surface area contributed by atoms with Crippen molar-refractivity contribution in [2.24, 2.45) is 0 Å². The van der Waals surface area contributed by atoms with Gasteiger partial charge in [-0.2, -0.15) is 0 Å². The minimum absolute atomic E-state index is 0.119. The Morgan fingerprint density at radius 1 is 1.04 bits per heavy atom. The molecule has 0 unspecified atom stereocenters. The number of benzene rings is 2. The Hall–Kier alpha value is -3.61. The van der Waals surface area contributed by atoms with E-state index in [0.717, 1.165) is 16.5 Å². The Balaban J connectivity index is 1.82. The third kappa shape index (κ3) is 1.89. The Bertz CT molecular complexity index is 1280. The van der Waals surface area contributed by atoms with Crippen LogP contribution < -0.4 is 5.56 Å². The number of hydrogen-bond acceptors (Lipinski definition) is 5. The van der Waals surface area contributed by atoms with Crippen LogP contribution in [0.25, 0.3) is 33.3 Å². The van der Waals surface area contributed by atoms with Crippen LogP contribution >= 0.6 is 0 Å². The maximum atomic E-state index is 12.8. The average Bonchev–Trinajstić information content (AvgIpc) is 2.97. The summed E-state index contributed by atoms with van der Waals surface area (Å²) in [4.78, 5) is 32.5. The number of para-hydroxylation sites is 1. The molecule has 4 aromatic rings. The highest BCUT2D eigenvalue weighted by atomic mass is 16.6. The van der Waals surface area contributed by atoms with Crippen LogP contribution in [0.1, 0.15) is 5.56 Å². The minimum atomic E-state index is -0.514. The third-order valence-corrected chi connectivity index (χ3v) is 4.49. The normalized spacial score (nSPS) is 12.3. The van der Waals surface area contributed by atoms with Crippen molar-refractivity contribution in [1.82, 2.24) is 14.5 Å². The van der Waals surface area contributed by atoms with E-state index in [-0.39, 0.29) is 16.6 Å². The average molecular weight is 330 g/mol. The van der Waals surface area contributed by atoms with Crippen molar-refractivity contribution < 1.29 is 4.92 Å². The van der Waals surface area contributed by atoms with Gasteiger partial charge in [-0.1, -0.05) is 18.2 Å². The summed E-state index contributed by atoms with van der Waals surface area (Å²) in [7, 11) is 0. The number of hydrogen-bond donors (Lipinski definition) is 0. The number of nitro benzene ring substituents is 1. The molecule has 7 nitrogen and oxygen atoms in total. The molecule has 0 amide bonds. The predicted molar refractivity (Wildman–Crippen MR) is 92.5 cm³/mol. The Morgan fingerprint density at radius 3 is 2.72 bits per heavy atom. The van der Waals surface area contributed by atoms with Crippen LogP contribution in [0.2, 0.25) is 0 Å². The summed E-state index contributed by atoms with van der Waals surface area (Å²) in [5.74, 6) is 0.507. The first-order valence-electron chi connectivity index (χ1n) is 7.70. The van der Waals surface area contributed by atoms with Crippen molar-refractivity contribution in [2.45, 2.75) is 6.54 Å². The summed E-state index contributed by atoms with van der Waals surface area (Å²) in [6.45, 7) is 0.368. The van der Waals surface area contributed by atoms with Crippen LogP contribution in [-0.4, -0.2) is 19.5 Å². The molecule has 0 atom stereocenters. The second-order valence-corrected chi connectivity index (χ2v) is 5.97. The monoisotopic (exact) mass is 330 g/mol. The van der Waals surface area contributed by atoms with E-state index in [9.17, 15) is 14.9 Å². The van der Waals surface area contributed by atoms with Crippen LogP contribution in [0.3, 0.4) is 0 Å². The Kier molecular flexibility index (Phi) is 2.59. The summed E-state index contributed by atoms with van der Waals surface area (Å²) in [6.07, 6.45) is 0. The fraction of sp³-hybridized carbons (Fsp3) is 0.0556. The number of fused-ring (bicyclic) bond motifs is 5. The van der Waals surface area contributed by atoms with E-state index in [1.54, 1.807) is 0 Å². The molecule has 120 valence electrons. The van der Waals surface area contributed by atoms with Gasteiger partial charge < -0.3 is 0 Å². The largest absolute Gasteiger partial charge is 0.286 e. The van der Waals surface area contributed by atoms with Gasteiger partial charge in [0.25, 0.3) is 11.2 Å². The Labute approximate surface area is 140 Å². The molecule has 2 aromatic carbocycles. The van der Waals surface area contributed by atoms with Crippen LogP contribution in [0.15, 0.2) is 53.3 Å². The second-order valence-electron chi connectivity index (χ2n) is 5.97. The maximum Gasteiger partial charge on any atom is 0.270 e. The molecule has 0 spiro atoms. The zero-order chi connectivity index (χ0) is 17.1. The fourth-order valence-corrected chi connectivity index (χ4v) is 3.29. The van der Waals surface area contributed by atoms with E-state index < -0.39 is 4.92 Å². The molecule has 1 aliphatic heterocycles. The summed E-state index contributed by atoms with van der Waals surface area (Å²) >= 11 is 0. The summed E-state index contributed by atoms with van der Waals surface area (Å²) in [5.41, 5.74) is 2.48. The summed E-state index contributed by atoms with van der Waals surface area (Å²) in [5, 5.41) is 12.2. The van der Waals surface area contributed by atoms with Crippen molar-refractivity contribution >= 4 is 27.5 Å². The highest BCUT2D eigenvalue weighted by Gasteiger charge is 2.25. The van der Waals surface area contributed by atoms with Gasteiger partial charge in [-0.05, 0) is 18.2 Å². The first kappa shape index (κ1) is 13.8. The lowest BCUT2D eigenvalue weighted by atomic mass is 10.1. The first-order chi connectivity index (χ1) is 12.1. The maximum absolute atomic E-state index is 12.8. The molecule has 25 heavy (non-hydrogen) atoms. The van der Waals surface area contributed by atoms with Gasteiger partial charge in [0.05, 0.1) is 27.9 Å². The van der Waals surface area contributed by atoms with Gasteiger partial charge in [-0.3, -0.25) is 19.5 Å². The molecular weight excluding hydrogens is 320 g/mol. The standard InChI is InChI=1S/C18H10N4O3/c23-18-13-8-12(22(24)25)5-6-15(13)20-17-16-11(9-21(17)18)7-10-3-1-2-4-14(10)19-16/h1-8H,9H2. The number of nitrogens with zero attached hydrogens (tertiary/aromatic N) is 4. The van der Waals surface area contributed by atoms with Gasteiger partial charge in [0, 0.05) is 23.1 Å². The first-order valence-corrected chi connectivity index (χ1v) is 7.70. The molecule has 1 aliphatic rings. The topological polar surface area (TPSA) is 90.9 Å². The SMILES string of the molecule is O=c1c2cc([N+](=O)[O-])ccc2nc2n1Cc1cc3ccccc3nc1-2. The van der Waals surface area contributed by atoms with Crippen molar-refractivity contribution in [3.8, 4) is 11.5 Å². The van der Waals surface area contributed by atoms with Gasteiger partial charge in [-0.15, -0.1) is 0 Å². The molecule has 0 saturated heterocycles. The predicted octanol–water partition coefficient (Wildman–Crippen LogP) is 2.88. The molecule has 0 bridgehead atoms. The molecule has 0 aliphatic carbocycles. The molecule has 0 radical (unpaired) electrons. The van der Waals surface area contributed by atoms with Gasteiger partial charge in [0.15, 0.2) is 5.82 Å². The van der Waals surface area contributed by atoms with Gasteiger partial charge >= 0.3 is 0 Å². The number of nitro groups is 1. The highest BCUT2D eigenvalue weighted by molar-refractivity contribution is 5.86. The zero-order valence-electron chi connectivity index (χ0n) is 12.8. The smallest absolute Gasteiger partial charge is 0.270 e. The lowest BCUT2D eigenvalue weighted by Gasteiger charge is -2.04. The zero-order valence-corrected chi connectivity index (χ0v) is 12.8. The molecule has 0 fully saturated rings. The molecule has 2 aromatic heterocycles. The summed E-state index contributed by atoms with van der Waals surface area (Å²) < 4.78 is 1.53.